The number of nitrogens with one attached hydrogen (secondary N) is 1. The first-order valence-electron chi connectivity index (χ1n) is 10.4. The van der Waals surface area contributed by atoms with Crippen LogP contribution in [0.5, 0.6) is 0 Å². The largest absolute Gasteiger partial charge is 0.350 e. The summed E-state index contributed by atoms with van der Waals surface area (Å²) in [5, 5.41) is 12.9. The molecule has 1 aromatic carbocycles. The van der Waals surface area contributed by atoms with Gasteiger partial charge in [-0.1, -0.05) is 35.5 Å². The number of hydrogen-bond donors (Lipinski definition) is 1. The first-order chi connectivity index (χ1) is 13.5. The molecule has 4 bridgehead atoms. The van der Waals surface area contributed by atoms with Crippen LogP contribution in [0, 0.1) is 24.7 Å². The van der Waals surface area contributed by atoms with Crippen molar-refractivity contribution in [2.45, 2.75) is 56.1 Å². The minimum atomic E-state index is 0.0823. The van der Waals surface area contributed by atoms with Crippen LogP contribution in [0.4, 0.5) is 0 Å². The maximum Gasteiger partial charge on any atom is 0.230 e. The van der Waals surface area contributed by atoms with Crippen LogP contribution >= 0.6 is 11.8 Å². The molecule has 0 spiro atoms. The molecular formula is C22H28N4OS. The van der Waals surface area contributed by atoms with E-state index in [1.54, 1.807) is 0 Å². The summed E-state index contributed by atoms with van der Waals surface area (Å²) in [5.74, 6) is 3.92. The summed E-state index contributed by atoms with van der Waals surface area (Å²) in [6, 6.07) is 8.26. The van der Waals surface area contributed by atoms with Crippen molar-refractivity contribution in [3.05, 3.63) is 29.8 Å². The first kappa shape index (κ1) is 18.2. The van der Waals surface area contributed by atoms with Gasteiger partial charge in [0.1, 0.15) is 0 Å². The highest BCUT2D eigenvalue weighted by Gasteiger charge is 2.51. The van der Waals surface area contributed by atoms with Gasteiger partial charge in [0.05, 0.1) is 5.75 Å². The molecule has 4 fully saturated rings. The van der Waals surface area contributed by atoms with Gasteiger partial charge in [0.25, 0.3) is 0 Å². The fourth-order valence-corrected chi connectivity index (χ4v) is 6.91. The lowest BCUT2D eigenvalue weighted by molar-refractivity contribution is -0.124. The van der Waals surface area contributed by atoms with Crippen LogP contribution in [-0.4, -0.2) is 32.0 Å². The third kappa shape index (κ3) is 3.36. The summed E-state index contributed by atoms with van der Waals surface area (Å²) in [4.78, 5) is 12.7. The summed E-state index contributed by atoms with van der Waals surface area (Å²) in [6.07, 6.45) is 7.75. The van der Waals surface area contributed by atoms with Crippen molar-refractivity contribution >= 4 is 17.7 Å². The molecule has 6 rings (SSSR count). The third-order valence-electron chi connectivity index (χ3n) is 6.89. The molecule has 148 valence electrons. The second-order valence-corrected chi connectivity index (χ2v) is 10.2. The van der Waals surface area contributed by atoms with E-state index in [-0.39, 0.29) is 11.4 Å². The SMILES string of the molecule is Cc1cccc(-c2nnc(SCC(=O)NC34CC5CC(CC(C5)C3)C4)n2C)c1. The van der Waals surface area contributed by atoms with Gasteiger partial charge in [0.2, 0.25) is 5.91 Å². The zero-order chi connectivity index (χ0) is 19.3. The molecule has 0 saturated heterocycles. The number of carbonyl (C=O) groups excluding carboxylic acids is 1. The van der Waals surface area contributed by atoms with Gasteiger partial charge in [-0.2, -0.15) is 0 Å². The van der Waals surface area contributed by atoms with Gasteiger partial charge in [-0.3, -0.25) is 4.79 Å². The van der Waals surface area contributed by atoms with Crippen LogP contribution in [0.25, 0.3) is 11.4 Å². The normalized spacial score (nSPS) is 30.6. The Morgan fingerprint density at radius 1 is 1.18 bits per heavy atom. The Bertz CT molecular complexity index is 870. The predicted molar refractivity (Wildman–Crippen MR) is 111 cm³/mol. The third-order valence-corrected chi connectivity index (χ3v) is 7.91. The Morgan fingerprint density at radius 3 is 2.50 bits per heavy atom. The molecule has 28 heavy (non-hydrogen) atoms. The van der Waals surface area contributed by atoms with E-state index in [9.17, 15) is 4.79 Å². The summed E-state index contributed by atoms with van der Waals surface area (Å²) < 4.78 is 1.98. The van der Waals surface area contributed by atoms with Crippen molar-refractivity contribution in [3.8, 4) is 11.4 Å². The van der Waals surface area contributed by atoms with E-state index in [2.05, 4.69) is 34.6 Å². The van der Waals surface area contributed by atoms with E-state index in [1.165, 1.54) is 55.9 Å². The number of benzene rings is 1. The number of nitrogens with zero attached hydrogens (tertiary/aromatic N) is 3. The van der Waals surface area contributed by atoms with Crippen LogP contribution in [0.1, 0.15) is 44.1 Å². The van der Waals surface area contributed by atoms with Crippen LogP contribution in [0.3, 0.4) is 0 Å². The van der Waals surface area contributed by atoms with Crippen molar-refractivity contribution in [1.29, 1.82) is 0 Å². The number of carbonyl (C=O) groups is 1. The summed E-state index contributed by atoms with van der Waals surface area (Å²) >= 11 is 1.48. The molecule has 0 radical (unpaired) electrons. The number of aryl methyl sites for hydroxylation is 1. The Kier molecular flexibility index (Phi) is 4.49. The smallest absolute Gasteiger partial charge is 0.230 e. The monoisotopic (exact) mass is 396 g/mol. The lowest BCUT2D eigenvalue weighted by atomic mass is 9.53. The Balaban J connectivity index is 1.23. The van der Waals surface area contributed by atoms with Gasteiger partial charge in [0, 0.05) is 18.2 Å². The van der Waals surface area contributed by atoms with Crippen LogP contribution < -0.4 is 5.32 Å². The van der Waals surface area contributed by atoms with E-state index >= 15 is 0 Å². The zero-order valence-electron chi connectivity index (χ0n) is 16.6. The number of amides is 1. The fraction of sp³-hybridized carbons (Fsp3) is 0.591. The highest BCUT2D eigenvalue weighted by atomic mass is 32.2. The standard InChI is InChI=1S/C22H28N4OS/c1-14-4-3-5-18(6-14)20-24-25-21(26(20)2)28-13-19(27)23-22-10-15-7-16(11-22)9-17(8-15)12-22/h3-6,15-17H,7-13H2,1-2H3,(H,23,27). The Morgan fingerprint density at radius 2 is 1.86 bits per heavy atom. The maximum absolute atomic E-state index is 12.7. The highest BCUT2D eigenvalue weighted by Crippen LogP contribution is 2.55. The van der Waals surface area contributed by atoms with Crippen LogP contribution in [0.2, 0.25) is 0 Å². The molecule has 6 heteroatoms. The summed E-state index contributed by atoms with van der Waals surface area (Å²) in [6.45, 7) is 2.07. The fourth-order valence-electron chi connectivity index (χ4n) is 6.20. The Labute approximate surface area is 170 Å². The van der Waals surface area contributed by atoms with Gasteiger partial charge < -0.3 is 9.88 Å². The molecule has 1 heterocycles. The molecule has 1 amide bonds. The quantitative estimate of drug-likeness (QED) is 0.777. The summed E-state index contributed by atoms with van der Waals surface area (Å²) in [7, 11) is 1.97. The van der Waals surface area contributed by atoms with Crippen molar-refractivity contribution in [2.75, 3.05) is 5.75 Å². The Hall–Kier alpha value is -1.82. The molecule has 4 aliphatic carbocycles. The topological polar surface area (TPSA) is 59.8 Å². The van der Waals surface area contributed by atoms with Crippen LogP contribution in [0.15, 0.2) is 29.4 Å². The van der Waals surface area contributed by atoms with Crippen molar-refractivity contribution in [1.82, 2.24) is 20.1 Å². The van der Waals surface area contributed by atoms with Gasteiger partial charge in [-0.05, 0) is 69.3 Å². The molecule has 1 aromatic heterocycles. The zero-order valence-corrected chi connectivity index (χ0v) is 17.5. The second kappa shape index (κ2) is 6.90. The lowest BCUT2D eigenvalue weighted by Crippen LogP contribution is -2.60. The average Bonchev–Trinajstić information content (AvgIpc) is 2.99. The van der Waals surface area contributed by atoms with Gasteiger partial charge >= 0.3 is 0 Å². The summed E-state index contributed by atoms with van der Waals surface area (Å²) in [5.41, 5.74) is 2.34. The average molecular weight is 397 g/mol. The van der Waals surface area contributed by atoms with Crippen LogP contribution in [-0.2, 0) is 11.8 Å². The van der Waals surface area contributed by atoms with Crippen molar-refractivity contribution < 1.29 is 4.79 Å². The predicted octanol–water partition coefficient (Wildman–Crippen LogP) is 3.97. The molecule has 1 N–H and O–H groups in total. The number of aromatic nitrogens is 3. The van der Waals surface area contributed by atoms with E-state index in [4.69, 9.17) is 0 Å². The molecule has 5 nitrogen and oxygen atoms in total. The molecule has 4 aliphatic rings. The van der Waals surface area contributed by atoms with Crippen molar-refractivity contribution in [2.24, 2.45) is 24.8 Å². The van der Waals surface area contributed by atoms with Gasteiger partial charge in [0.15, 0.2) is 11.0 Å². The van der Waals surface area contributed by atoms with E-state index in [0.29, 0.717) is 5.75 Å². The second-order valence-electron chi connectivity index (χ2n) is 9.27. The maximum atomic E-state index is 12.7. The van der Waals surface area contributed by atoms with Crippen molar-refractivity contribution in [3.63, 3.8) is 0 Å². The first-order valence-corrected chi connectivity index (χ1v) is 11.4. The number of thioether (sulfide) groups is 1. The molecule has 0 unspecified atom stereocenters. The van der Waals surface area contributed by atoms with E-state index < -0.39 is 0 Å². The minimum absolute atomic E-state index is 0.0823. The highest BCUT2D eigenvalue weighted by molar-refractivity contribution is 7.99. The molecule has 0 atom stereocenters. The van der Waals surface area contributed by atoms with E-state index in [0.717, 1.165) is 34.3 Å². The molecule has 0 aliphatic heterocycles. The minimum Gasteiger partial charge on any atom is -0.350 e. The van der Waals surface area contributed by atoms with E-state index in [1.807, 2.05) is 23.7 Å². The number of rotatable bonds is 5. The van der Waals surface area contributed by atoms with Gasteiger partial charge in [-0.25, -0.2) is 0 Å². The molecular weight excluding hydrogens is 368 g/mol. The number of hydrogen-bond acceptors (Lipinski definition) is 4. The molecule has 4 saturated carbocycles. The lowest BCUT2D eigenvalue weighted by Gasteiger charge is -2.56. The molecule has 2 aromatic rings. The van der Waals surface area contributed by atoms with Gasteiger partial charge in [-0.15, -0.1) is 10.2 Å².